The molecular weight excluding hydrogens is 200 g/mol. The molecule has 0 atom stereocenters. The highest BCUT2D eigenvalue weighted by atomic mass is 16.5. The minimum absolute atomic E-state index is 0.0964. The smallest absolute Gasteiger partial charge is 0.220 e. The van der Waals surface area contributed by atoms with Crippen LogP contribution < -0.4 is 10.2 Å². The van der Waals surface area contributed by atoms with Crippen LogP contribution in [0.15, 0.2) is 65.5 Å². The summed E-state index contributed by atoms with van der Waals surface area (Å²) >= 11 is 0. The SMILES string of the molecule is O=c1cccccc1OCc1ccccc1. The Morgan fingerprint density at radius 3 is 2.19 bits per heavy atom. The van der Waals surface area contributed by atoms with Crippen molar-refractivity contribution >= 4 is 0 Å². The molecule has 2 nitrogen and oxygen atoms in total. The highest BCUT2D eigenvalue weighted by Gasteiger charge is 1.97. The first-order chi connectivity index (χ1) is 7.86. The first-order valence-corrected chi connectivity index (χ1v) is 5.12. The molecule has 0 aliphatic rings. The minimum Gasteiger partial charge on any atom is -0.485 e. The quantitative estimate of drug-likeness (QED) is 0.781. The Labute approximate surface area is 94.1 Å². The van der Waals surface area contributed by atoms with Gasteiger partial charge in [-0.2, -0.15) is 0 Å². The highest BCUT2D eigenvalue weighted by Crippen LogP contribution is 2.05. The van der Waals surface area contributed by atoms with E-state index in [0.29, 0.717) is 12.4 Å². The second kappa shape index (κ2) is 5.12. The fourth-order valence-corrected chi connectivity index (χ4v) is 1.37. The van der Waals surface area contributed by atoms with Crippen molar-refractivity contribution < 1.29 is 4.74 Å². The van der Waals surface area contributed by atoms with Crippen LogP contribution in [-0.4, -0.2) is 0 Å². The summed E-state index contributed by atoms with van der Waals surface area (Å²) in [4.78, 5) is 11.5. The van der Waals surface area contributed by atoms with Gasteiger partial charge in [-0.05, 0) is 17.7 Å². The molecule has 0 radical (unpaired) electrons. The van der Waals surface area contributed by atoms with E-state index < -0.39 is 0 Å². The van der Waals surface area contributed by atoms with Crippen LogP contribution in [0.2, 0.25) is 0 Å². The average molecular weight is 212 g/mol. The third-order valence-corrected chi connectivity index (χ3v) is 2.20. The van der Waals surface area contributed by atoms with Gasteiger partial charge in [0.15, 0.2) is 5.75 Å². The van der Waals surface area contributed by atoms with Crippen LogP contribution in [-0.2, 0) is 6.61 Å². The van der Waals surface area contributed by atoms with Crippen molar-refractivity contribution in [3.05, 3.63) is 76.5 Å². The van der Waals surface area contributed by atoms with Crippen molar-refractivity contribution in [2.75, 3.05) is 0 Å². The van der Waals surface area contributed by atoms with Gasteiger partial charge in [-0.3, -0.25) is 4.79 Å². The summed E-state index contributed by atoms with van der Waals surface area (Å²) in [6.07, 6.45) is 0. The second-order valence-electron chi connectivity index (χ2n) is 3.41. The van der Waals surface area contributed by atoms with Gasteiger partial charge in [0.25, 0.3) is 0 Å². The van der Waals surface area contributed by atoms with Crippen LogP contribution >= 0.6 is 0 Å². The Morgan fingerprint density at radius 1 is 0.812 bits per heavy atom. The molecule has 80 valence electrons. The third kappa shape index (κ3) is 2.70. The number of hydrogen-bond donors (Lipinski definition) is 0. The van der Waals surface area contributed by atoms with E-state index in [4.69, 9.17) is 4.74 Å². The lowest BCUT2D eigenvalue weighted by atomic mass is 10.2. The van der Waals surface area contributed by atoms with E-state index in [1.54, 1.807) is 24.3 Å². The highest BCUT2D eigenvalue weighted by molar-refractivity contribution is 5.21. The van der Waals surface area contributed by atoms with Crippen molar-refractivity contribution in [2.45, 2.75) is 6.61 Å². The predicted octanol–water partition coefficient (Wildman–Crippen LogP) is 2.63. The average Bonchev–Trinajstić information content (AvgIpc) is 2.53. The summed E-state index contributed by atoms with van der Waals surface area (Å²) in [5.41, 5.74) is 0.953. The van der Waals surface area contributed by atoms with Crippen molar-refractivity contribution in [3.8, 4) is 5.75 Å². The standard InChI is InChI=1S/C14H12O2/c15-13-9-5-2-6-10-14(13)16-11-12-7-3-1-4-8-12/h1-10H,11H2. The Morgan fingerprint density at radius 2 is 1.44 bits per heavy atom. The van der Waals surface area contributed by atoms with Crippen molar-refractivity contribution in [1.29, 1.82) is 0 Å². The Bertz CT molecular complexity index is 506. The molecule has 2 rings (SSSR count). The summed E-state index contributed by atoms with van der Waals surface area (Å²) in [6, 6.07) is 18.3. The summed E-state index contributed by atoms with van der Waals surface area (Å²) in [5.74, 6) is 0.383. The Kier molecular flexibility index (Phi) is 3.34. The Balaban J connectivity index is 2.12. The van der Waals surface area contributed by atoms with Gasteiger partial charge in [-0.25, -0.2) is 0 Å². The summed E-state index contributed by atoms with van der Waals surface area (Å²) in [5, 5.41) is 0. The van der Waals surface area contributed by atoms with Crippen molar-refractivity contribution in [3.63, 3.8) is 0 Å². The fraction of sp³-hybridized carbons (Fsp3) is 0.0714. The molecule has 0 unspecified atom stereocenters. The van der Waals surface area contributed by atoms with E-state index >= 15 is 0 Å². The number of rotatable bonds is 3. The lowest BCUT2D eigenvalue weighted by Crippen LogP contribution is -2.04. The topological polar surface area (TPSA) is 26.3 Å². The molecule has 0 aliphatic carbocycles. The molecule has 0 amide bonds. The molecule has 2 aromatic carbocycles. The molecular formula is C14H12O2. The van der Waals surface area contributed by atoms with E-state index in [0.717, 1.165) is 5.56 Å². The van der Waals surface area contributed by atoms with E-state index in [2.05, 4.69) is 0 Å². The van der Waals surface area contributed by atoms with Crippen LogP contribution in [0.5, 0.6) is 5.75 Å². The minimum atomic E-state index is -0.0964. The number of ether oxygens (including phenoxy) is 1. The van der Waals surface area contributed by atoms with Crippen LogP contribution in [0, 0.1) is 0 Å². The zero-order valence-corrected chi connectivity index (χ0v) is 8.80. The summed E-state index contributed by atoms with van der Waals surface area (Å²) < 4.78 is 5.47. The molecule has 0 fully saturated rings. The maximum atomic E-state index is 11.5. The molecule has 0 aliphatic heterocycles. The van der Waals surface area contributed by atoms with Gasteiger partial charge in [0.1, 0.15) is 6.61 Å². The van der Waals surface area contributed by atoms with Gasteiger partial charge in [-0.1, -0.05) is 48.5 Å². The third-order valence-electron chi connectivity index (χ3n) is 2.20. The molecule has 16 heavy (non-hydrogen) atoms. The first kappa shape index (κ1) is 10.4. The summed E-state index contributed by atoms with van der Waals surface area (Å²) in [7, 11) is 0. The molecule has 0 saturated carbocycles. The number of benzene rings is 1. The fourth-order valence-electron chi connectivity index (χ4n) is 1.37. The van der Waals surface area contributed by atoms with Gasteiger partial charge in [-0.15, -0.1) is 0 Å². The van der Waals surface area contributed by atoms with E-state index in [1.165, 1.54) is 6.07 Å². The lowest BCUT2D eigenvalue weighted by molar-refractivity contribution is 0.304. The van der Waals surface area contributed by atoms with Gasteiger partial charge >= 0.3 is 0 Å². The zero-order chi connectivity index (χ0) is 11.2. The van der Waals surface area contributed by atoms with Crippen LogP contribution in [0.25, 0.3) is 0 Å². The maximum absolute atomic E-state index is 11.5. The van der Waals surface area contributed by atoms with E-state index in [-0.39, 0.29) is 5.43 Å². The van der Waals surface area contributed by atoms with Crippen LogP contribution in [0.3, 0.4) is 0 Å². The maximum Gasteiger partial charge on any atom is 0.220 e. The molecule has 0 aromatic heterocycles. The van der Waals surface area contributed by atoms with Crippen LogP contribution in [0.1, 0.15) is 5.56 Å². The molecule has 2 aromatic rings. The van der Waals surface area contributed by atoms with Gasteiger partial charge < -0.3 is 4.74 Å². The molecule has 2 heteroatoms. The molecule has 0 bridgehead atoms. The monoisotopic (exact) mass is 212 g/mol. The Hall–Kier alpha value is -2.09. The second-order valence-corrected chi connectivity index (χ2v) is 3.41. The van der Waals surface area contributed by atoms with Crippen LogP contribution in [0.4, 0.5) is 0 Å². The molecule has 0 spiro atoms. The van der Waals surface area contributed by atoms with Gasteiger partial charge in [0, 0.05) is 0 Å². The summed E-state index contributed by atoms with van der Waals surface area (Å²) in [6.45, 7) is 0.417. The van der Waals surface area contributed by atoms with E-state index in [1.807, 2.05) is 30.3 Å². The number of hydrogen-bond acceptors (Lipinski definition) is 2. The largest absolute Gasteiger partial charge is 0.485 e. The predicted molar refractivity (Wildman–Crippen MR) is 63.5 cm³/mol. The van der Waals surface area contributed by atoms with Crippen molar-refractivity contribution in [1.82, 2.24) is 0 Å². The molecule has 0 N–H and O–H groups in total. The van der Waals surface area contributed by atoms with Crippen molar-refractivity contribution in [2.24, 2.45) is 0 Å². The zero-order valence-electron chi connectivity index (χ0n) is 8.80. The first-order valence-electron chi connectivity index (χ1n) is 5.12. The molecule has 0 heterocycles. The van der Waals surface area contributed by atoms with Gasteiger partial charge in [0.05, 0.1) is 0 Å². The van der Waals surface area contributed by atoms with Gasteiger partial charge in [0.2, 0.25) is 5.43 Å². The normalized spacial score (nSPS) is 9.75. The molecule has 0 saturated heterocycles. The lowest BCUT2D eigenvalue weighted by Gasteiger charge is -2.03. The van der Waals surface area contributed by atoms with E-state index in [9.17, 15) is 4.79 Å².